The summed E-state index contributed by atoms with van der Waals surface area (Å²) in [5.41, 5.74) is 11.4. The summed E-state index contributed by atoms with van der Waals surface area (Å²) < 4.78 is 0. The summed E-state index contributed by atoms with van der Waals surface area (Å²) in [6.45, 7) is 5.00. The average Bonchev–Trinajstić information content (AvgIpc) is 2.32. The molecule has 0 radical (unpaired) electrons. The average molecular weight is 226 g/mol. The molecule has 0 fully saturated rings. The highest BCUT2D eigenvalue weighted by Gasteiger charge is 1.98. The van der Waals surface area contributed by atoms with Crippen LogP contribution in [0.5, 0.6) is 0 Å². The Morgan fingerprint density at radius 3 is 2.41 bits per heavy atom. The molecule has 17 heavy (non-hydrogen) atoms. The number of aryl methyl sites for hydroxylation is 2. The van der Waals surface area contributed by atoms with Gasteiger partial charge in [0.25, 0.3) is 0 Å². The van der Waals surface area contributed by atoms with E-state index in [1.807, 2.05) is 18.2 Å². The van der Waals surface area contributed by atoms with Crippen molar-refractivity contribution < 1.29 is 0 Å². The first-order chi connectivity index (χ1) is 8.15. The van der Waals surface area contributed by atoms with Gasteiger partial charge in [0, 0.05) is 17.9 Å². The van der Waals surface area contributed by atoms with Crippen molar-refractivity contribution in [3.8, 4) is 0 Å². The van der Waals surface area contributed by atoms with Gasteiger partial charge in [-0.25, -0.2) is 0 Å². The molecule has 2 nitrogen and oxygen atoms in total. The van der Waals surface area contributed by atoms with E-state index in [4.69, 9.17) is 5.73 Å². The van der Waals surface area contributed by atoms with Crippen molar-refractivity contribution in [3.05, 3.63) is 59.2 Å². The molecule has 0 amide bonds. The SMILES string of the molecule is Cc1ccc(CNc2cc(N)ccc2C)cc1. The minimum Gasteiger partial charge on any atom is -0.399 e. The largest absolute Gasteiger partial charge is 0.399 e. The van der Waals surface area contributed by atoms with Crippen LogP contribution in [-0.2, 0) is 6.54 Å². The van der Waals surface area contributed by atoms with E-state index in [1.54, 1.807) is 0 Å². The summed E-state index contributed by atoms with van der Waals surface area (Å²) in [7, 11) is 0. The van der Waals surface area contributed by atoms with E-state index in [0.717, 1.165) is 17.9 Å². The lowest BCUT2D eigenvalue weighted by atomic mass is 10.1. The van der Waals surface area contributed by atoms with Gasteiger partial charge in [0.15, 0.2) is 0 Å². The molecule has 0 bridgehead atoms. The van der Waals surface area contributed by atoms with Crippen LogP contribution in [0.1, 0.15) is 16.7 Å². The number of nitrogens with two attached hydrogens (primary N) is 1. The van der Waals surface area contributed by atoms with Crippen LogP contribution in [0.25, 0.3) is 0 Å². The summed E-state index contributed by atoms with van der Waals surface area (Å²) >= 11 is 0. The van der Waals surface area contributed by atoms with Gasteiger partial charge in [0.05, 0.1) is 0 Å². The predicted molar refractivity (Wildman–Crippen MR) is 74.1 cm³/mol. The molecule has 2 aromatic rings. The van der Waals surface area contributed by atoms with Crippen molar-refractivity contribution >= 4 is 11.4 Å². The summed E-state index contributed by atoms with van der Waals surface area (Å²) in [6, 6.07) is 14.5. The number of nitrogen functional groups attached to an aromatic ring is 1. The number of rotatable bonds is 3. The second-order valence-electron chi connectivity index (χ2n) is 4.41. The number of nitrogens with one attached hydrogen (secondary N) is 1. The maximum absolute atomic E-state index is 5.78. The highest BCUT2D eigenvalue weighted by atomic mass is 14.9. The van der Waals surface area contributed by atoms with Crippen LogP contribution < -0.4 is 11.1 Å². The Morgan fingerprint density at radius 1 is 1.00 bits per heavy atom. The number of anilines is 2. The Morgan fingerprint density at radius 2 is 1.71 bits per heavy atom. The predicted octanol–water partition coefficient (Wildman–Crippen LogP) is 3.50. The summed E-state index contributed by atoms with van der Waals surface area (Å²) in [6.07, 6.45) is 0. The van der Waals surface area contributed by atoms with Gasteiger partial charge in [-0.2, -0.15) is 0 Å². The van der Waals surface area contributed by atoms with Crippen molar-refractivity contribution in [2.24, 2.45) is 0 Å². The number of hydrogen-bond donors (Lipinski definition) is 2. The molecule has 0 atom stereocenters. The Labute approximate surface area is 102 Å². The number of hydrogen-bond acceptors (Lipinski definition) is 2. The fraction of sp³-hybridized carbons (Fsp3) is 0.200. The van der Waals surface area contributed by atoms with E-state index < -0.39 is 0 Å². The van der Waals surface area contributed by atoms with Gasteiger partial charge in [-0.1, -0.05) is 35.9 Å². The summed E-state index contributed by atoms with van der Waals surface area (Å²) in [5, 5.41) is 3.41. The fourth-order valence-electron chi connectivity index (χ4n) is 1.73. The molecule has 0 heterocycles. The topological polar surface area (TPSA) is 38.0 Å². The van der Waals surface area contributed by atoms with Crippen LogP contribution in [-0.4, -0.2) is 0 Å². The van der Waals surface area contributed by atoms with Crippen molar-refractivity contribution in [3.63, 3.8) is 0 Å². The third-order valence-corrected chi connectivity index (χ3v) is 2.87. The monoisotopic (exact) mass is 226 g/mol. The van der Waals surface area contributed by atoms with E-state index in [2.05, 4.69) is 43.4 Å². The smallest absolute Gasteiger partial charge is 0.0400 e. The Hall–Kier alpha value is -1.96. The van der Waals surface area contributed by atoms with Gasteiger partial charge in [-0.05, 0) is 37.1 Å². The van der Waals surface area contributed by atoms with Gasteiger partial charge < -0.3 is 11.1 Å². The van der Waals surface area contributed by atoms with E-state index in [9.17, 15) is 0 Å². The van der Waals surface area contributed by atoms with E-state index in [1.165, 1.54) is 16.7 Å². The fourth-order valence-corrected chi connectivity index (χ4v) is 1.73. The minimum absolute atomic E-state index is 0.794. The molecule has 2 heteroatoms. The van der Waals surface area contributed by atoms with Gasteiger partial charge in [-0.15, -0.1) is 0 Å². The molecule has 0 saturated heterocycles. The van der Waals surface area contributed by atoms with Crippen LogP contribution in [0.3, 0.4) is 0 Å². The van der Waals surface area contributed by atoms with Crippen molar-refractivity contribution in [1.29, 1.82) is 0 Å². The third-order valence-electron chi connectivity index (χ3n) is 2.87. The molecule has 2 aromatic carbocycles. The Balaban J connectivity index is 2.07. The molecule has 0 spiro atoms. The molecule has 0 aromatic heterocycles. The molecule has 88 valence electrons. The lowest BCUT2D eigenvalue weighted by molar-refractivity contribution is 1.14. The maximum Gasteiger partial charge on any atom is 0.0400 e. The normalized spacial score (nSPS) is 10.2. The molecular weight excluding hydrogens is 208 g/mol. The van der Waals surface area contributed by atoms with Crippen molar-refractivity contribution in [2.45, 2.75) is 20.4 Å². The molecule has 0 aliphatic rings. The second kappa shape index (κ2) is 4.91. The maximum atomic E-state index is 5.78. The zero-order valence-corrected chi connectivity index (χ0v) is 10.3. The molecule has 0 aliphatic carbocycles. The van der Waals surface area contributed by atoms with Crippen LogP contribution in [0.2, 0.25) is 0 Å². The van der Waals surface area contributed by atoms with Crippen LogP contribution in [0, 0.1) is 13.8 Å². The van der Waals surface area contributed by atoms with Gasteiger partial charge in [0.1, 0.15) is 0 Å². The van der Waals surface area contributed by atoms with Crippen LogP contribution in [0.4, 0.5) is 11.4 Å². The summed E-state index contributed by atoms with van der Waals surface area (Å²) in [4.78, 5) is 0. The zero-order chi connectivity index (χ0) is 12.3. The third kappa shape index (κ3) is 3.00. The molecule has 3 N–H and O–H groups in total. The minimum atomic E-state index is 0.794. The molecule has 0 saturated carbocycles. The lowest BCUT2D eigenvalue weighted by Gasteiger charge is -2.10. The second-order valence-corrected chi connectivity index (χ2v) is 4.41. The van der Waals surface area contributed by atoms with Gasteiger partial charge in [0.2, 0.25) is 0 Å². The zero-order valence-electron chi connectivity index (χ0n) is 10.3. The molecular formula is C15H18N2. The van der Waals surface area contributed by atoms with Gasteiger partial charge in [-0.3, -0.25) is 0 Å². The lowest BCUT2D eigenvalue weighted by Crippen LogP contribution is -2.01. The Kier molecular flexibility index (Phi) is 3.33. The van der Waals surface area contributed by atoms with Crippen molar-refractivity contribution in [2.75, 3.05) is 11.1 Å². The highest BCUT2D eigenvalue weighted by Crippen LogP contribution is 2.19. The van der Waals surface area contributed by atoms with E-state index in [0.29, 0.717) is 0 Å². The molecule has 2 rings (SSSR count). The first kappa shape index (κ1) is 11.5. The molecule has 0 aliphatic heterocycles. The quantitative estimate of drug-likeness (QED) is 0.786. The molecule has 0 unspecified atom stereocenters. The van der Waals surface area contributed by atoms with Gasteiger partial charge >= 0.3 is 0 Å². The number of benzene rings is 2. The van der Waals surface area contributed by atoms with Crippen LogP contribution in [0.15, 0.2) is 42.5 Å². The highest BCUT2D eigenvalue weighted by molar-refractivity contribution is 5.59. The van der Waals surface area contributed by atoms with Crippen LogP contribution >= 0.6 is 0 Å². The van der Waals surface area contributed by atoms with Crippen molar-refractivity contribution in [1.82, 2.24) is 0 Å². The van der Waals surface area contributed by atoms with E-state index in [-0.39, 0.29) is 0 Å². The standard InChI is InChI=1S/C15H18N2/c1-11-3-6-13(7-4-11)10-17-15-9-14(16)8-5-12(15)2/h3-9,17H,10,16H2,1-2H3. The summed E-state index contributed by atoms with van der Waals surface area (Å²) in [5.74, 6) is 0. The first-order valence-corrected chi connectivity index (χ1v) is 5.81. The first-order valence-electron chi connectivity index (χ1n) is 5.81. The Bertz CT molecular complexity index is 501. The van der Waals surface area contributed by atoms with E-state index >= 15 is 0 Å².